The van der Waals surface area contributed by atoms with E-state index < -0.39 is 17.6 Å². The lowest BCUT2D eigenvalue weighted by atomic mass is 10.1. The monoisotopic (exact) mass is 339 g/mol. The van der Waals surface area contributed by atoms with Crippen molar-refractivity contribution in [1.29, 1.82) is 0 Å². The summed E-state index contributed by atoms with van der Waals surface area (Å²) in [5.74, 6) is -0.287. The second kappa shape index (κ2) is 7.51. The predicted molar refractivity (Wildman–Crippen MR) is 86.7 cm³/mol. The molecule has 0 amide bonds. The average molecular weight is 339 g/mol. The van der Waals surface area contributed by atoms with Gasteiger partial charge in [0.2, 0.25) is 11.8 Å². The predicted octanol–water partition coefficient (Wildman–Crippen LogP) is 4.61. The Bertz CT molecular complexity index is 672. The normalized spacial score (nSPS) is 11.4. The van der Waals surface area contributed by atoms with Crippen LogP contribution in [0.5, 0.6) is 5.88 Å². The average Bonchev–Trinajstić information content (AvgIpc) is 2.58. The van der Waals surface area contributed by atoms with Crippen LogP contribution in [0.4, 0.5) is 24.8 Å². The van der Waals surface area contributed by atoms with Crippen molar-refractivity contribution in [2.75, 3.05) is 18.6 Å². The van der Waals surface area contributed by atoms with Crippen molar-refractivity contribution in [1.82, 2.24) is 9.97 Å². The molecule has 0 aliphatic rings. The van der Waals surface area contributed by atoms with Gasteiger partial charge in [0.15, 0.2) is 0 Å². The zero-order valence-electron chi connectivity index (χ0n) is 13.9. The number of hydrogen-bond acceptors (Lipinski definition) is 4. The van der Waals surface area contributed by atoms with E-state index in [1.54, 1.807) is 11.9 Å². The molecule has 24 heavy (non-hydrogen) atoms. The molecule has 0 N–H and O–H groups in total. The van der Waals surface area contributed by atoms with Crippen LogP contribution in [-0.4, -0.2) is 23.6 Å². The number of anilines is 2. The lowest BCUT2D eigenvalue weighted by Crippen LogP contribution is -2.17. The number of halogens is 3. The van der Waals surface area contributed by atoms with Crippen molar-refractivity contribution in [2.24, 2.45) is 0 Å². The van der Waals surface area contributed by atoms with Crippen LogP contribution in [0.25, 0.3) is 0 Å². The van der Waals surface area contributed by atoms with E-state index in [2.05, 4.69) is 16.9 Å². The van der Waals surface area contributed by atoms with Gasteiger partial charge >= 0.3 is 6.18 Å². The summed E-state index contributed by atoms with van der Waals surface area (Å²) in [5.41, 5.74) is 0.996. The van der Waals surface area contributed by atoms with Crippen molar-refractivity contribution in [3.8, 4) is 5.88 Å². The van der Waals surface area contributed by atoms with E-state index in [-0.39, 0.29) is 12.6 Å². The molecule has 0 fully saturated rings. The summed E-state index contributed by atoms with van der Waals surface area (Å²) in [6.07, 6.45) is -2.28. The maximum Gasteiger partial charge on any atom is 0.423 e. The third-order valence-electron chi connectivity index (χ3n) is 3.52. The lowest BCUT2D eigenvalue weighted by Gasteiger charge is -2.19. The number of alkyl halides is 3. The summed E-state index contributed by atoms with van der Waals surface area (Å²) < 4.78 is 44.3. The molecular weight excluding hydrogens is 319 g/mol. The summed E-state index contributed by atoms with van der Waals surface area (Å²) >= 11 is 0. The van der Waals surface area contributed by atoms with E-state index in [9.17, 15) is 13.2 Å². The molecule has 0 aliphatic heterocycles. The Labute approximate surface area is 139 Å². The first-order valence-corrected chi connectivity index (χ1v) is 7.76. The fourth-order valence-corrected chi connectivity index (χ4v) is 2.09. The first kappa shape index (κ1) is 18.0. The molecular formula is C17H20F3N3O. The summed E-state index contributed by atoms with van der Waals surface area (Å²) in [5, 5.41) is 0. The van der Waals surface area contributed by atoms with Gasteiger partial charge in [-0.1, -0.05) is 26.0 Å². The Morgan fingerprint density at radius 3 is 2.33 bits per heavy atom. The molecule has 0 atom stereocenters. The van der Waals surface area contributed by atoms with Crippen LogP contribution >= 0.6 is 0 Å². The molecule has 7 heteroatoms. The minimum Gasteiger partial charge on any atom is -0.477 e. The van der Waals surface area contributed by atoms with E-state index in [0.29, 0.717) is 6.42 Å². The first-order valence-electron chi connectivity index (χ1n) is 7.76. The Morgan fingerprint density at radius 2 is 1.79 bits per heavy atom. The Morgan fingerprint density at radius 1 is 1.12 bits per heavy atom. The first-order chi connectivity index (χ1) is 11.4. The number of aromatic nitrogens is 2. The number of aryl methyl sites for hydroxylation is 1. The molecule has 2 rings (SSSR count). The number of ether oxygens (including phenoxy) is 1. The highest BCUT2D eigenvalue weighted by molar-refractivity contribution is 5.57. The van der Waals surface area contributed by atoms with E-state index in [1.807, 2.05) is 31.2 Å². The topological polar surface area (TPSA) is 38.2 Å². The van der Waals surface area contributed by atoms with Crippen molar-refractivity contribution in [2.45, 2.75) is 32.9 Å². The van der Waals surface area contributed by atoms with E-state index >= 15 is 0 Å². The van der Waals surface area contributed by atoms with Gasteiger partial charge < -0.3 is 9.64 Å². The van der Waals surface area contributed by atoms with Gasteiger partial charge in [0.1, 0.15) is 5.56 Å². The molecule has 0 saturated carbocycles. The summed E-state index contributed by atoms with van der Waals surface area (Å²) in [6.45, 7) is 4.03. The van der Waals surface area contributed by atoms with Crippen molar-refractivity contribution in [3.05, 3.63) is 41.6 Å². The quantitative estimate of drug-likeness (QED) is 0.770. The highest BCUT2D eigenvalue weighted by atomic mass is 19.4. The van der Waals surface area contributed by atoms with Crippen LogP contribution in [0, 0.1) is 0 Å². The second-order valence-corrected chi connectivity index (χ2v) is 5.31. The molecule has 4 nitrogen and oxygen atoms in total. The largest absolute Gasteiger partial charge is 0.477 e. The minimum absolute atomic E-state index is 0.151. The Balaban J connectivity index is 2.35. The molecule has 0 aliphatic carbocycles. The van der Waals surface area contributed by atoms with Gasteiger partial charge in [-0.25, -0.2) is 4.98 Å². The Kier molecular flexibility index (Phi) is 5.64. The number of nitrogens with zero attached hydrogens (tertiary/aromatic N) is 3. The molecule has 0 saturated heterocycles. The fraction of sp³-hybridized carbons (Fsp3) is 0.412. The molecule has 0 radical (unpaired) electrons. The summed E-state index contributed by atoms with van der Waals surface area (Å²) in [6, 6.07) is 7.69. The number of hydrogen-bond donors (Lipinski definition) is 0. The summed E-state index contributed by atoms with van der Waals surface area (Å²) in [7, 11) is 1.70. The van der Waals surface area contributed by atoms with Crippen molar-refractivity contribution < 1.29 is 17.9 Å². The molecule has 1 aromatic carbocycles. The van der Waals surface area contributed by atoms with Crippen LogP contribution in [0.3, 0.4) is 0 Å². The zero-order chi connectivity index (χ0) is 17.7. The summed E-state index contributed by atoms with van der Waals surface area (Å²) in [4.78, 5) is 9.44. The third-order valence-corrected chi connectivity index (χ3v) is 3.52. The molecule has 1 aromatic heterocycles. The van der Waals surface area contributed by atoms with E-state index in [4.69, 9.17) is 4.74 Å². The molecule has 1 heterocycles. The van der Waals surface area contributed by atoms with Gasteiger partial charge in [-0.2, -0.15) is 18.2 Å². The molecule has 130 valence electrons. The van der Waals surface area contributed by atoms with Crippen LogP contribution in [0.1, 0.15) is 31.4 Å². The van der Waals surface area contributed by atoms with Crippen LogP contribution in [-0.2, 0) is 12.6 Å². The molecule has 2 aromatic rings. The molecule has 0 bridgehead atoms. The highest BCUT2D eigenvalue weighted by Crippen LogP contribution is 2.36. The minimum atomic E-state index is -4.55. The SMILES string of the molecule is CCCOc1nc(N(C)c2ccc(CC)cc2)ncc1C(F)(F)F. The Hall–Kier alpha value is -2.31. The zero-order valence-corrected chi connectivity index (χ0v) is 13.9. The third kappa shape index (κ3) is 4.15. The van der Waals surface area contributed by atoms with Gasteiger partial charge in [-0.3, -0.25) is 0 Å². The van der Waals surface area contributed by atoms with E-state index in [0.717, 1.165) is 18.3 Å². The van der Waals surface area contributed by atoms with Crippen molar-refractivity contribution in [3.63, 3.8) is 0 Å². The van der Waals surface area contributed by atoms with Gasteiger partial charge in [0, 0.05) is 18.9 Å². The van der Waals surface area contributed by atoms with Crippen LogP contribution in [0.15, 0.2) is 30.5 Å². The molecule has 0 unspecified atom stereocenters. The standard InChI is InChI=1S/C17H20F3N3O/c1-4-10-24-15-14(17(18,19)20)11-21-16(22-15)23(3)13-8-6-12(5-2)7-9-13/h6-9,11H,4-5,10H2,1-3H3. The smallest absolute Gasteiger partial charge is 0.423 e. The van der Waals surface area contributed by atoms with E-state index in [1.165, 1.54) is 5.56 Å². The maximum atomic E-state index is 13.0. The van der Waals surface area contributed by atoms with Crippen LogP contribution < -0.4 is 9.64 Å². The van der Waals surface area contributed by atoms with Crippen LogP contribution in [0.2, 0.25) is 0 Å². The second-order valence-electron chi connectivity index (χ2n) is 5.31. The lowest BCUT2D eigenvalue weighted by molar-refractivity contribution is -0.139. The van der Waals surface area contributed by atoms with Gasteiger partial charge in [-0.15, -0.1) is 0 Å². The highest BCUT2D eigenvalue weighted by Gasteiger charge is 2.36. The van der Waals surface area contributed by atoms with Gasteiger partial charge in [-0.05, 0) is 30.5 Å². The number of rotatable bonds is 6. The molecule has 0 spiro atoms. The fourth-order valence-electron chi connectivity index (χ4n) is 2.09. The van der Waals surface area contributed by atoms with Gasteiger partial charge in [0.25, 0.3) is 0 Å². The van der Waals surface area contributed by atoms with Crippen molar-refractivity contribution >= 4 is 11.6 Å². The maximum absolute atomic E-state index is 13.0. The van der Waals surface area contributed by atoms with Gasteiger partial charge in [0.05, 0.1) is 6.61 Å². The number of benzene rings is 1.